The number of hydrogen-bond acceptors (Lipinski definition) is 3. The molecule has 2 amide bonds. The molecule has 0 unspecified atom stereocenters. The van der Waals surface area contributed by atoms with Crippen molar-refractivity contribution in [1.82, 2.24) is 10.2 Å². The number of halogens is 2. The molecule has 4 nitrogen and oxygen atoms in total. The van der Waals surface area contributed by atoms with E-state index in [4.69, 9.17) is 11.6 Å². The van der Waals surface area contributed by atoms with Gasteiger partial charge in [0.25, 0.3) is 0 Å². The molecule has 2 rings (SSSR count). The molecule has 162 valence electrons. The highest BCUT2D eigenvalue weighted by atomic mass is 35.5. The van der Waals surface area contributed by atoms with Gasteiger partial charge in [-0.25, -0.2) is 4.39 Å². The Balaban J connectivity index is 2.11. The van der Waals surface area contributed by atoms with E-state index < -0.39 is 6.04 Å². The lowest BCUT2D eigenvalue weighted by Gasteiger charge is -2.31. The summed E-state index contributed by atoms with van der Waals surface area (Å²) >= 11 is 7.75. The summed E-state index contributed by atoms with van der Waals surface area (Å²) in [7, 11) is 0. The molecule has 0 aliphatic heterocycles. The standard InChI is InChI=1S/C23H28ClFN2O2S/c1-3-13-26-23(29)21(4-2)27(14-18-7-5-6-8-20(18)24)22(28)16-30-15-17-9-11-19(25)12-10-17/h5-12,21H,3-4,13-16H2,1-2H3,(H,26,29)/t21-/m1/s1. The minimum Gasteiger partial charge on any atom is -0.354 e. The van der Waals surface area contributed by atoms with Crippen LogP contribution in [0.15, 0.2) is 48.5 Å². The van der Waals surface area contributed by atoms with Gasteiger partial charge in [-0.2, -0.15) is 0 Å². The van der Waals surface area contributed by atoms with E-state index in [2.05, 4.69) is 5.32 Å². The second kappa shape index (κ2) is 12.6. The first-order chi connectivity index (χ1) is 14.5. The number of nitrogens with zero attached hydrogens (tertiary/aromatic N) is 1. The first kappa shape index (κ1) is 24.2. The molecule has 0 spiro atoms. The van der Waals surface area contributed by atoms with Crippen LogP contribution in [-0.2, 0) is 21.9 Å². The van der Waals surface area contributed by atoms with Gasteiger partial charge in [0, 0.05) is 23.9 Å². The summed E-state index contributed by atoms with van der Waals surface area (Å²) in [4.78, 5) is 27.4. The summed E-state index contributed by atoms with van der Waals surface area (Å²) in [5.41, 5.74) is 1.75. The van der Waals surface area contributed by atoms with Crippen molar-refractivity contribution in [2.24, 2.45) is 0 Å². The van der Waals surface area contributed by atoms with Gasteiger partial charge in [0.05, 0.1) is 5.75 Å². The third-order valence-electron chi connectivity index (χ3n) is 4.64. The lowest BCUT2D eigenvalue weighted by Crippen LogP contribution is -2.49. The molecule has 0 fully saturated rings. The van der Waals surface area contributed by atoms with Crippen molar-refractivity contribution in [3.05, 3.63) is 70.5 Å². The van der Waals surface area contributed by atoms with Crippen molar-refractivity contribution in [1.29, 1.82) is 0 Å². The van der Waals surface area contributed by atoms with E-state index in [1.165, 1.54) is 23.9 Å². The van der Waals surface area contributed by atoms with Crippen LogP contribution in [0.4, 0.5) is 4.39 Å². The minimum atomic E-state index is -0.563. The quantitative estimate of drug-likeness (QED) is 0.521. The van der Waals surface area contributed by atoms with E-state index in [0.29, 0.717) is 23.7 Å². The molecule has 1 N–H and O–H groups in total. The Morgan fingerprint density at radius 3 is 2.47 bits per heavy atom. The van der Waals surface area contributed by atoms with Crippen LogP contribution < -0.4 is 5.32 Å². The van der Waals surface area contributed by atoms with Gasteiger partial charge in [0.15, 0.2) is 0 Å². The Morgan fingerprint density at radius 1 is 1.13 bits per heavy atom. The lowest BCUT2D eigenvalue weighted by atomic mass is 10.1. The smallest absolute Gasteiger partial charge is 0.242 e. The summed E-state index contributed by atoms with van der Waals surface area (Å²) in [6, 6.07) is 13.0. The molecule has 30 heavy (non-hydrogen) atoms. The highest BCUT2D eigenvalue weighted by molar-refractivity contribution is 7.99. The van der Waals surface area contributed by atoms with Crippen LogP contribution in [0.5, 0.6) is 0 Å². The first-order valence-electron chi connectivity index (χ1n) is 10.1. The third kappa shape index (κ3) is 7.33. The molecule has 0 saturated carbocycles. The van der Waals surface area contributed by atoms with Gasteiger partial charge < -0.3 is 10.2 Å². The molecule has 0 aliphatic rings. The van der Waals surface area contributed by atoms with Gasteiger partial charge in [0.1, 0.15) is 11.9 Å². The van der Waals surface area contributed by atoms with Gasteiger partial charge >= 0.3 is 0 Å². The van der Waals surface area contributed by atoms with E-state index in [1.807, 2.05) is 32.0 Å². The second-order valence-corrected chi connectivity index (χ2v) is 8.34. The van der Waals surface area contributed by atoms with E-state index in [0.717, 1.165) is 17.5 Å². The molecular formula is C23H28ClFN2O2S. The highest BCUT2D eigenvalue weighted by Crippen LogP contribution is 2.21. The zero-order chi connectivity index (χ0) is 21.9. The maximum Gasteiger partial charge on any atom is 0.242 e. The van der Waals surface area contributed by atoms with Crippen LogP contribution >= 0.6 is 23.4 Å². The maximum atomic E-state index is 13.1. The van der Waals surface area contributed by atoms with Crippen molar-refractivity contribution in [3.8, 4) is 0 Å². The van der Waals surface area contributed by atoms with Crippen molar-refractivity contribution in [2.45, 2.75) is 45.0 Å². The molecule has 0 aromatic heterocycles. The maximum absolute atomic E-state index is 13.1. The topological polar surface area (TPSA) is 49.4 Å². The minimum absolute atomic E-state index is 0.125. The van der Waals surface area contributed by atoms with Gasteiger partial charge in [-0.1, -0.05) is 55.8 Å². The van der Waals surface area contributed by atoms with Crippen LogP contribution in [-0.4, -0.2) is 35.1 Å². The molecule has 2 aromatic carbocycles. The fourth-order valence-electron chi connectivity index (χ4n) is 3.02. The Morgan fingerprint density at radius 2 is 1.83 bits per heavy atom. The van der Waals surface area contributed by atoms with E-state index in [1.54, 1.807) is 23.1 Å². The Bertz CT molecular complexity index is 832. The van der Waals surface area contributed by atoms with Crippen LogP contribution in [0.3, 0.4) is 0 Å². The summed E-state index contributed by atoms with van der Waals surface area (Å²) in [5, 5.41) is 3.47. The predicted octanol–water partition coefficient (Wildman–Crippen LogP) is 5.05. The van der Waals surface area contributed by atoms with E-state index >= 15 is 0 Å². The van der Waals surface area contributed by atoms with Gasteiger partial charge in [-0.05, 0) is 42.2 Å². The Hall–Kier alpha value is -2.05. The molecule has 7 heteroatoms. The zero-order valence-electron chi connectivity index (χ0n) is 17.4. The fourth-order valence-corrected chi connectivity index (χ4v) is 4.08. The Labute approximate surface area is 187 Å². The van der Waals surface area contributed by atoms with E-state index in [9.17, 15) is 14.0 Å². The SMILES string of the molecule is CCCNC(=O)[C@@H](CC)N(Cc1ccccc1Cl)C(=O)CSCc1ccc(F)cc1. The Kier molecular flexibility index (Phi) is 10.2. The molecular weight excluding hydrogens is 423 g/mol. The molecule has 0 aliphatic carbocycles. The number of benzene rings is 2. The monoisotopic (exact) mass is 450 g/mol. The van der Waals surface area contributed by atoms with Gasteiger partial charge in [0.2, 0.25) is 11.8 Å². The normalized spacial score (nSPS) is 11.7. The van der Waals surface area contributed by atoms with Crippen molar-refractivity contribution >= 4 is 35.2 Å². The molecule has 0 saturated heterocycles. The molecule has 1 atom stereocenters. The lowest BCUT2D eigenvalue weighted by molar-refractivity contribution is -0.139. The number of carbonyl (C=O) groups is 2. The van der Waals surface area contributed by atoms with Crippen LogP contribution in [0, 0.1) is 5.82 Å². The fraction of sp³-hybridized carbons (Fsp3) is 0.391. The highest BCUT2D eigenvalue weighted by Gasteiger charge is 2.28. The average Bonchev–Trinajstić information content (AvgIpc) is 2.74. The number of rotatable bonds is 11. The zero-order valence-corrected chi connectivity index (χ0v) is 18.9. The van der Waals surface area contributed by atoms with Gasteiger partial charge in [-0.15, -0.1) is 11.8 Å². The number of amides is 2. The average molecular weight is 451 g/mol. The van der Waals surface area contributed by atoms with Gasteiger partial charge in [-0.3, -0.25) is 9.59 Å². The summed E-state index contributed by atoms with van der Waals surface area (Å²) in [6.45, 7) is 4.73. The van der Waals surface area contributed by atoms with Crippen molar-refractivity contribution in [2.75, 3.05) is 12.3 Å². The summed E-state index contributed by atoms with van der Waals surface area (Å²) in [5.74, 6) is 0.253. The third-order valence-corrected chi connectivity index (χ3v) is 6.00. The van der Waals surface area contributed by atoms with Crippen molar-refractivity contribution in [3.63, 3.8) is 0 Å². The number of hydrogen-bond donors (Lipinski definition) is 1. The molecule has 2 aromatic rings. The van der Waals surface area contributed by atoms with E-state index in [-0.39, 0.29) is 29.9 Å². The van der Waals surface area contributed by atoms with Crippen molar-refractivity contribution < 1.29 is 14.0 Å². The summed E-state index contributed by atoms with van der Waals surface area (Å²) in [6.07, 6.45) is 1.34. The van der Waals surface area contributed by atoms with Crippen LogP contribution in [0.1, 0.15) is 37.8 Å². The number of thioether (sulfide) groups is 1. The second-order valence-electron chi connectivity index (χ2n) is 6.95. The predicted molar refractivity (Wildman–Crippen MR) is 122 cm³/mol. The molecule has 0 heterocycles. The number of nitrogens with one attached hydrogen (secondary N) is 1. The molecule has 0 radical (unpaired) electrons. The van der Waals surface area contributed by atoms with Crippen LogP contribution in [0.2, 0.25) is 5.02 Å². The first-order valence-corrected chi connectivity index (χ1v) is 11.6. The molecule has 0 bridgehead atoms. The number of carbonyl (C=O) groups excluding carboxylic acids is 2. The largest absolute Gasteiger partial charge is 0.354 e. The van der Waals surface area contributed by atoms with Crippen LogP contribution in [0.25, 0.3) is 0 Å². The summed E-state index contributed by atoms with van der Waals surface area (Å²) < 4.78 is 13.1.